The highest BCUT2D eigenvalue weighted by Gasteiger charge is 2.10. The molecule has 1 heterocycles. The summed E-state index contributed by atoms with van der Waals surface area (Å²) in [5.41, 5.74) is 5.05. The minimum Gasteiger partial charge on any atom is -0.378 e. The van der Waals surface area contributed by atoms with Crippen molar-refractivity contribution in [1.29, 1.82) is 0 Å². The van der Waals surface area contributed by atoms with Gasteiger partial charge in [0.25, 0.3) is 0 Å². The van der Waals surface area contributed by atoms with Crippen molar-refractivity contribution in [2.24, 2.45) is 0 Å². The van der Waals surface area contributed by atoms with Gasteiger partial charge in [-0.25, -0.2) is 0 Å². The van der Waals surface area contributed by atoms with E-state index in [1.54, 1.807) is 0 Å². The molecule has 2 rings (SSSR count). The van der Waals surface area contributed by atoms with Crippen molar-refractivity contribution in [3.05, 3.63) is 47.3 Å². The van der Waals surface area contributed by atoms with Crippen LogP contribution in [0.1, 0.15) is 21.7 Å². The number of anilines is 1. The number of hydrogen-bond donors (Lipinski definition) is 0. The van der Waals surface area contributed by atoms with E-state index in [0.717, 1.165) is 34.6 Å². The predicted octanol–water partition coefficient (Wildman–Crippen LogP) is 2.97. The molecule has 0 bridgehead atoms. The number of aryl methyl sites for hydroxylation is 1. The lowest BCUT2D eigenvalue weighted by Crippen LogP contribution is -2.09. The molecule has 0 fully saturated rings. The fourth-order valence-electron chi connectivity index (χ4n) is 2.21. The van der Waals surface area contributed by atoms with Crippen LogP contribution < -0.4 is 4.90 Å². The normalized spacial score (nSPS) is 10.4. The van der Waals surface area contributed by atoms with Gasteiger partial charge in [0.05, 0.1) is 0 Å². The molecule has 94 valence electrons. The van der Waals surface area contributed by atoms with Gasteiger partial charge in [-0.05, 0) is 38.1 Å². The van der Waals surface area contributed by atoms with Gasteiger partial charge in [-0.15, -0.1) is 0 Å². The van der Waals surface area contributed by atoms with Crippen LogP contribution in [0.4, 0.5) is 5.69 Å². The lowest BCUT2D eigenvalue weighted by molar-refractivity contribution is 0.112. The number of aromatic nitrogens is 1. The Bertz CT molecular complexity index is 582. The molecule has 0 saturated carbocycles. The number of carbonyl (C=O) groups excluding carboxylic acids is 1. The molecule has 0 amide bonds. The van der Waals surface area contributed by atoms with Gasteiger partial charge in [0.15, 0.2) is 6.29 Å². The summed E-state index contributed by atoms with van der Waals surface area (Å²) in [6.45, 7) is 3.99. The van der Waals surface area contributed by atoms with Crippen molar-refractivity contribution >= 4 is 12.0 Å². The summed E-state index contributed by atoms with van der Waals surface area (Å²) in [4.78, 5) is 13.0. The van der Waals surface area contributed by atoms with Gasteiger partial charge in [-0.3, -0.25) is 4.79 Å². The Balaban J connectivity index is 2.58. The first kappa shape index (κ1) is 12.4. The number of nitrogens with zero attached hydrogens (tertiary/aromatic N) is 2. The molecule has 0 radical (unpaired) electrons. The average Bonchev–Trinajstić information content (AvgIpc) is 2.64. The largest absolute Gasteiger partial charge is 0.378 e. The molecule has 0 aliphatic rings. The highest BCUT2D eigenvalue weighted by molar-refractivity contribution is 5.77. The van der Waals surface area contributed by atoms with Gasteiger partial charge < -0.3 is 9.47 Å². The van der Waals surface area contributed by atoms with Crippen LogP contribution in [0.15, 0.2) is 30.3 Å². The summed E-state index contributed by atoms with van der Waals surface area (Å²) in [6, 6.07) is 10.2. The number of rotatable bonds is 3. The summed E-state index contributed by atoms with van der Waals surface area (Å²) < 4.78 is 2.11. The van der Waals surface area contributed by atoms with Crippen molar-refractivity contribution in [2.45, 2.75) is 13.8 Å². The molecule has 3 nitrogen and oxygen atoms in total. The molecule has 0 aliphatic heterocycles. The molecule has 3 heteroatoms. The molecule has 0 N–H and O–H groups in total. The Morgan fingerprint density at radius 3 is 2.44 bits per heavy atom. The Hall–Kier alpha value is -2.03. The van der Waals surface area contributed by atoms with Crippen molar-refractivity contribution in [1.82, 2.24) is 4.57 Å². The average molecular weight is 242 g/mol. The molecule has 0 spiro atoms. The number of carbonyl (C=O) groups is 1. The Morgan fingerprint density at radius 2 is 1.89 bits per heavy atom. The second-order valence-electron chi connectivity index (χ2n) is 4.69. The zero-order valence-electron chi connectivity index (χ0n) is 11.3. The molecular formula is C15H18N2O. The standard InChI is InChI=1S/C15H18N2O/c1-11-8-13(10-18)12(2)17(11)15-7-5-6-14(9-15)16(3)4/h5-10H,1-4H3. The van der Waals surface area contributed by atoms with E-state index in [2.05, 4.69) is 27.7 Å². The highest BCUT2D eigenvalue weighted by atomic mass is 16.1. The minimum absolute atomic E-state index is 0.753. The van der Waals surface area contributed by atoms with E-state index in [0.29, 0.717) is 0 Å². The SMILES string of the molecule is Cc1cc(C=O)c(C)n1-c1cccc(N(C)C)c1. The number of hydrogen-bond acceptors (Lipinski definition) is 2. The summed E-state index contributed by atoms with van der Waals surface area (Å²) in [6.07, 6.45) is 0.911. The van der Waals surface area contributed by atoms with Gasteiger partial charge in [0.2, 0.25) is 0 Å². The van der Waals surface area contributed by atoms with Crippen LogP contribution in [0.3, 0.4) is 0 Å². The van der Waals surface area contributed by atoms with Crippen LogP contribution in [-0.4, -0.2) is 24.9 Å². The van der Waals surface area contributed by atoms with E-state index in [-0.39, 0.29) is 0 Å². The summed E-state index contributed by atoms with van der Waals surface area (Å²) in [5, 5.41) is 0. The molecule has 18 heavy (non-hydrogen) atoms. The van der Waals surface area contributed by atoms with E-state index in [1.807, 2.05) is 40.1 Å². The van der Waals surface area contributed by atoms with Crippen LogP contribution in [0.25, 0.3) is 5.69 Å². The van der Waals surface area contributed by atoms with Crippen molar-refractivity contribution in [3.63, 3.8) is 0 Å². The molecule has 0 unspecified atom stereocenters. The van der Waals surface area contributed by atoms with E-state index in [9.17, 15) is 4.79 Å². The molecule has 2 aromatic rings. The fraction of sp³-hybridized carbons (Fsp3) is 0.267. The van der Waals surface area contributed by atoms with E-state index >= 15 is 0 Å². The van der Waals surface area contributed by atoms with Crippen LogP contribution >= 0.6 is 0 Å². The molecular weight excluding hydrogens is 224 g/mol. The van der Waals surface area contributed by atoms with Crippen molar-refractivity contribution in [3.8, 4) is 5.69 Å². The third-order valence-corrected chi connectivity index (χ3v) is 3.20. The minimum atomic E-state index is 0.753. The summed E-state index contributed by atoms with van der Waals surface area (Å²) in [5.74, 6) is 0. The van der Waals surface area contributed by atoms with E-state index in [1.165, 1.54) is 0 Å². The second-order valence-corrected chi connectivity index (χ2v) is 4.69. The number of aldehydes is 1. The van der Waals surface area contributed by atoms with Crippen LogP contribution in [-0.2, 0) is 0 Å². The second kappa shape index (κ2) is 4.69. The fourth-order valence-corrected chi connectivity index (χ4v) is 2.21. The number of benzene rings is 1. The summed E-state index contributed by atoms with van der Waals surface area (Å²) >= 11 is 0. The van der Waals surface area contributed by atoms with Gasteiger partial charge in [0.1, 0.15) is 0 Å². The predicted molar refractivity (Wildman–Crippen MR) is 75.0 cm³/mol. The first-order valence-electron chi connectivity index (χ1n) is 5.96. The van der Waals surface area contributed by atoms with Crippen LogP contribution in [0.5, 0.6) is 0 Å². The van der Waals surface area contributed by atoms with Gasteiger partial charge in [0, 0.05) is 42.4 Å². The first-order chi connectivity index (χ1) is 8.54. The molecule has 0 aliphatic carbocycles. The monoisotopic (exact) mass is 242 g/mol. The first-order valence-corrected chi connectivity index (χ1v) is 5.96. The lowest BCUT2D eigenvalue weighted by Gasteiger charge is -2.16. The third-order valence-electron chi connectivity index (χ3n) is 3.20. The van der Waals surface area contributed by atoms with Crippen molar-refractivity contribution < 1.29 is 4.79 Å². The zero-order chi connectivity index (χ0) is 13.3. The van der Waals surface area contributed by atoms with Crippen molar-refractivity contribution in [2.75, 3.05) is 19.0 Å². The topological polar surface area (TPSA) is 25.2 Å². The smallest absolute Gasteiger partial charge is 0.151 e. The van der Waals surface area contributed by atoms with Gasteiger partial charge in [-0.1, -0.05) is 6.07 Å². The van der Waals surface area contributed by atoms with Crippen LogP contribution in [0.2, 0.25) is 0 Å². The molecule has 1 aromatic heterocycles. The Morgan fingerprint density at radius 1 is 1.17 bits per heavy atom. The highest BCUT2D eigenvalue weighted by Crippen LogP contribution is 2.22. The maximum absolute atomic E-state index is 11.0. The van der Waals surface area contributed by atoms with E-state index < -0.39 is 0 Å². The lowest BCUT2D eigenvalue weighted by atomic mass is 10.2. The molecule has 0 atom stereocenters. The Labute approximate surface area is 108 Å². The maximum Gasteiger partial charge on any atom is 0.151 e. The quantitative estimate of drug-likeness (QED) is 0.773. The van der Waals surface area contributed by atoms with Gasteiger partial charge >= 0.3 is 0 Å². The molecule has 1 aromatic carbocycles. The van der Waals surface area contributed by atoms with Gasteiger partial charge in [-0.2, -0.15) is 0 Å². The zero-order valence-corrected chi connectivity index (χ0v) is 11.3. The van der Waals surface area contributed by atoms with Crippen LogP contribution in [0, 0.1) is 13.8 Å². The Kier molecular flexibility index (Phi) is 3.24. The summed E-state index contributed by atoms with van der Waals surface area (Å²) in [7, 11) is 4.04. The molecule has 0 saturated heterocycles. The maximum atomic E-state index is 11.0. The third kappa shape index (κ3) is 2.04. The van der Waals surface area contributed by atoms with E-state index in [4.69, 9.17) is 0 Å².